The average molecular weight is 303 g/mol. The Kier molecular flexibility index (Phi) is 3.81. The summed E-state index contributed by atoms with van der Waals surface area (Å²) in [7, 11) is 0. The van der Waals surface area contributed by atoms with E-state index in [1.54, 1.807) is 23.1 Å². The standard InChI is InChI=1S/C15H17N3O4/c16-14(20)12-8-18(5-6-22-12)15(21)10-1-3-11-9(7-10)2-4-13(19)17-11/h1,3,7,12H,2,4-6,8H2,(H2,16,20)(H,17,19). The molecule has 1 unspecified atom stereocenters. The van der Waals surface area contributed by atoms with Crippen LogP contribution in [-0.4, -0.2) is 48.4 Å². The number of amides is 3. The minimum atomic E-state index is -0.755. The van der Waals surface area contributed by atoms with Crippen LogP contribution in [-0.2, 0) is 20.7 Å². The Morgan fingerprint density at radius 1 is 1.32 bits per heavy atom. The molecular formula is C15H17N3O4. The maximum absolute atomic E-state index is 12.5. The van der Waals surface area contributed by atoms with E-state index < -0.39 is 12.0 Å². The van der Waals surface area contributed by atoms with Crippen molar-refractivity contribution in [2.45, 2.75) is 18.9 Å². The summed E-state index contributed by atoms with van der Waals surface area (Å²) in [6, 6.07) is 5.22. The van der Waals surface area contributed by atoms with Gasteiger partial charge in [-0.2, -0.15) is 0 Å². The van der Waals surface area contributed by atoms with Crippen molar-refractivity contribution in [3.05, 3.63) is 29.3 Å². The number of anilines is 1. The Labute approximate surface area is 127 Å². The van der Waals surface area contributed by atoms with Crippen LogP contribution in [0.25, 0.3) is 0 Å². The average Bonchev–Trinajstić information content (AvgIpc) is 2.53. The quantitative estimate of drug-likeness (QED) is 0.796. The van der Waals surface area contributed by atoms with Crippen LogP contribution in [0.3, 0.4) is 0 Å². The second-order valence-corrected chi connectivity index (χ2v) is 5.43. The molecule has 0 bridgehead atoms. The third-order valence-corrected chi connectivity index (χ3v) is 3.92. The highest BCUT2D eigenvalue weighted by Gasteiger charge is 2.28. The van der Waals surface area contributed by atoms with E-state index in [0.29, 0.717) is 31.6 Å². The molecule has 7 heteroatoms. The number of hydrogen-bond donors (Lipinski definition) is 2. The maximum atomic E-state index is 12.5. The van der Waals surface area contributed by atoms with E-state index in [2.05, 4.69) is 5.32 Å². The second-order valence-electron chi connectivity index (χ2n) is 5.43. The number of rotatable bonds is 2. The molecule has 0 aliphatic carbocycles. The molecule has 3 N–H and O–H groups in total. The zero-order chi connectivity index (χ0) is 15.7. The fraction of sp³-hybridized carbons (Fsp3) is 0.400. The SMILES string of the molecule is NC(=O)C1CN(C(=O)c2ccc3c(c2)CCC(=O)N3)CCO1. The summed E-state index contributed by atoms with van der Waals surface area (Å²) < 4.78 is 5.24. The van der Waals surface area contributed by atoms with Crippen molar-refractivity contribution in [2.75, 3.05) is 25.0 Å². The molecule has 116 valence electrons. The van der Waals surface area contributed by atoms with Crippen LogP contribution in [0.5, 0.6) is 0 Å². The first-order valence-electron chi connectivity index (χ1n) is 7.17. The van der Waals surface area contributed by atoms with Gasteiger partial charge < -0.3 is 20.7 Å². The lowest BCUT2D eigenvalue weighted by atomic mass is 10.00. The van der Waals surface area contributed by atoms with Crippen LogP contribution in [0, 0.1) is 0 Å². The number of morpholine rings is 1. The van der Waals surface area contributed by atoms with Crippen molar-refractivity contribution in [1.82, 2.24) is 4.90 Å². The van der Waals surface area contributed by atoms with Crippen LogP contribution in [0.15, 0.2) is 18.2 Å². The molecule has 7 nitrogen and oxygen atoms in total. The molecule has 0 spiro atoms. The van der Waals surface area contributed by atoms with Gasteiger partial charge in [-0.15, -0.1) is 0 Å². The van der Waals surface area contributed by atoms with Crippen LogP contribution in [0.1, 0.15) is 22.3 Å². The van der Waals surface area contributed by atoms with Crippen molar-refractivity contribution in [3.8, 4) is 0 Å². The number of hydrogen-bond acceptors (Lipinski definition) is 4. The minimum absolute atomic E-state index is 0.0101. The summed E-state index contributed by atoms with van der Waals surface area (Å²) in [4.78, 5) is 36.7. The zero-order valence-electron chi connectivity index (χ0n) is 12.0. The van der Waals surface area contributed by atoms with Gasteiger partial charge in [0.1, 0.15) is 0 Å². The number of nitrogens with one attached hydrogen (secondary N) is 1. The molecule has 1 aromatic carbocycles. The first kappa shape index (κ1) is 14.5. The van der Waals surface area contributed by atoms with Crippen molar-refractivity contribution < 1.29 is 19.1 Å². The molecule has 2 aliphatic rings. The van der Waals surface area contributed by atoms with Crippen molar-refractivity contribution >= 4 is 23.4 Å². The molecule has 3 amide bonds. The number of nitrogens with zero attached hydrogens (tertiary/aromatic N) is 1. The van der Waals surface area contributed by atoms with Gasteiger partial charge >= 0.3 is 0 Å². The molecular weight excluding hydrogens is 286 g/mol. The van der Waals surface area contributed by atoms with Crippen LogP contribution in [0.2, 0.25) is 0 Å². The Morgan fingerprint density at radius 2 is 2.14 bits per heavy atom. The predicted molar refractivity (Wildman–Crippen MR) is 78.2 cm³/mol. The van der Waals surface area contributed by atoms with Crippen LogP contribution < -0.4 is 11.1 Å². The van der Waals surface area contributed by atoms with E-state index in [-0.39, 0.29) is 18.4 Å². The molecule has 1 fully saturated rings. The van der Waals surface area contributed by atoms with Crippen molar-refractivity contribution in [3.63, 3.8) is 0 Å². The predicted octanol–water partition coefficient (Wildman–Crippen LogP) is -0.102. The topological polar surface area (TPSA) is 102 Å². The number of aryl methyl sites for hydroxylation is 1. The Morgan fingerprint density at radius 3 is 2.91 bits per heavy atom. The summed E-state index contributed by atoms with van der Waals surface area (Å²) in [6.45, 7) is 0.888. The van der Waals surface area contributed by atoms with E-state index in [9.17, 15) is 14.4 Å². The van der Waals surface area contributed by atoms with E-state index in [1.807, 2.05) is 0 Å². The minimum Gasteiger partial charge on any atom is -0.367 e. The van der Waals surface area contributed by atoms with E-state index in [1.165, 1.54) is 0 Å². The first-order chi connectivity index (χ1) is 10.5. The molecule has 2 aliphatic heterocycles. The Hall–Kier alpha value is -2.41. The van der Waals surface area contributed by atoms with Gasteiger partial charge in [0.15, 0.2) is 6.10 Å². The highest BCUT2D eigenvalue weighted by atomic mass is 16.5. The molecule has 1 atom stereocenters. The smallest absolute Gasteiger partial charge is 0.254 e. The highest BCUT2D eigenvalue weighted by Crippen LogP contribution is 2.24. The van der Waals surface area contributed by atoms with E-state index in [4.69, 9.17) is 10.5 Å². The number of nitrogens with two attached hydrogens (primary N) is 1. The summed E-state index contributed by atoms with van der Waals surface area (Å²) in [5.74, 6) is -0.732. The third kappa shape index (κ3) is 2.80. The van der Waals surface area contributed by atoms with Gasteiger partial charge in [0, 0.05) is 24.2 Å². The number of carbonyl (C=O) groups is 3. The third-order valence-electron chi connectivity index (χ3n) is 3.92. The molecule has 0 saturated carbocycles. The number of primary amides is 1. The molecule has 1 saturated heterocycles. The van der Waals surface area contributed by atoms with Crippen LogP contribution in [0.4, 0.5) is 5.69 Å². The van der Waals surface area contributed by atoms with E-state index in [0.717, 1.165) is 11.3 Å². The molecule has 1 aromatic rings. The number of carbonyl (C=O) groups excluding carboxylic acids is 3. The Bertz CT molecular complexity index is 644. The van der Waals surface area contributed by atoms with Gasteiger partial charge in [0.2, 0.25) is 11.8 Å². The lowest BCUT2D eigenvalue weighted by Gasteiger charge is -2.31. The fourth-order valence-electron chi connectivity index (χ4n) is 2.70. The van der Waals surface area contributed by atoms with Gasteiger partial charge in [0.05, 0.1) is 13.2 Å². The number of benzene rings is 1. The number of fused-ring (bicyclic) bond motifs is 1. The summed E-state index contributed by atoms with van der Waals surface area (Å²) >= 11 is 0. The summed E-state index contributed by atoms with van der Waals surface area (Å²) in [5, 5.41) is 2.78. The zero-order valence-corrected chi connectivity index (χ0v) is 12.0. The van der Waals surface area contributed by atoms with Crippen molar-refractivity contribution in [2.24, 2.45) is 5.73 Å². The van der Waals surface area contributed by atoms with E-state index >= 15 is 0 Å². The van der Waals surface area contributed by atoms with Gasteiger partial charge in [-0.1, -0.05) is 0 Å². The Balaban J connectivity index is 1.77. The molecule has 0 radical (unpaired) electrons. The second kappa shape index (κ2) is 5.76. The van der Waals surface area contributed by atoms with Crippen molar-refractivity contribution in [1.29, 1.82) is 0 Å². The lowest BCUT2D eigenvalue weighted by molar-refractivity contribution is -0.133. The maximum Gasteiger partial charge on any atom is 0.254 e. The molecule has 2 heterocycles. The lowest BCUT2D eigenvalue weighted by Crippen LogP contribution is -2.50. The monoisotopic (exact) mass is 303 g/mol. The molecule has 0 aromatic heterocycles. The normalized spacial score (nSPS) is 21.0. The van der Waals surface area contributed by atoms with Gasteiger partial charge in [-0.3, -0.25) is 14.4 Å². The van der Waals surface area contributed by atoms with Crippen LogP contribution >= 0.6 is 0 Å². The summed E-state index contributed by atoms with van der Waals surface area (Å²) in [5.41, 5.74) is 7.48. The summed E-state index contributed by atoms with van der Waals surface area (Å²) in [6.07, 6.45) is 0.288. The van der Waals surface area contributed by atoms with Gasteiger partial charge in [0.25, 0.3) is 5.91 Å². The highest BCUT2D eigenvalue weighted by molar-refractivity contribution is 5.98. The largest absolute Gasteiger partial charge is 0.367 e. The fourth-order valence-corrected chi connectivity index (χ4v) is 2.70. The number of ether oxygens (including phenoxy) is 1. The van der Waals surface area contributed by atoms with Gasteiger partial charge in [-0.05, 0) is 30.2 Å². The molecule has 3 rings (SSSR count). The molecule has 22 heavy (non-hydrogen) atoms. The first-order valence-corrected chi connectivity index (χ1v) is 7.17. The van der Waals surface area contributed by atoms with Gasteiger partial charge in [-0.25, -0.2) is 0 Å².